The van der Waals surface area contributed by atoms with E-state index in [-0.39, 0.29) is 0 Å². The highest BCUT2D eigenvalue weighted by atomic mass is 35.5. The molecule has 1 N–H and O–H groups in total. The Labute approximate surface area is 99.4 Å². The Balaban J connectivity index is 2.11. The van der Waals surface area contributed by atoms with E-state index in [1.54, 1.807) is 0 Å². The molecule has 1 fully saturated rings. The van der Waals surface area contributed by atoms with Crippen LogP contribution in [0.1, 0.15) is 30.1 Å². The molecule has 0 spiro atoms. The second kappa shape index (κ2) is 3.75. The summed E-state index contributed by atoms with van der Waals surface area (Å²) >= 11 is 6.03. The molecule has 1 aliphatic heterocycles. The van der Waals surface area contributed by atoms with Gasteiger partial charge in [0.1, 0.15) is 0 Å². The molecule has 1 saturated heterocycles. The third-order valence-electron chi connectivity index (χ3n) is 3.27. The number of hydrogen-bond acceptors (Lipinski definition) is 2. The third kappa shape index (κ3) is 1.51. The van der Waals surface area contributed by atoms with Gasteiger partial charge in [-0.2, -0.15) is 0 Å². The molecular formula is C12H14ClN3. The fourth-order valence-corrected chi connectivity index (χ4v) is 2.67. The first-order chi connectivity index (χ1) is 7.75. The van der Waals surface area contributed by atoms with Crippen molar-refractivity contribution in [2.45, 2.75) is 25.8 Å². The Bertz CT molecular complexity index is 526. The summed E-state index contributed by atoms with van der Waals surface area (Å²) in [6.45, 7) is 3.11. The second-order valence-corrected chi connectivity index (χ2v) is 4.67. The number of halogens is 1. The van der Waals surface area contributed by atoms with Gasteiger partial charge < -0.3 is 5.32 Å². The molecule has 0 aliphatic carbocycles. The Hall–Kier alpha value is -1.06. The highest BCUT2D eigenvalue weighted by Gasteiger charge is 2.17. The number of hydrogen-bond donors (Lipinski definition) is 1. The van der Waals surface area contributed by atoms with Gasteiger partial charge in [0, 0.05) is 12.2 Å². The van der Waals surface area contributed by atoms with Gasteiger partial charge in [-0.1, -0.05) is 0 Å². The molecule has 3 heterocycles. The molecule has 0 amide bonds. The first-order valence-corrected chi connectivity index (χ1v) is 6.01. The van der Waals surface area contributed by atoms with Gasteiger partial charge in [-0.25, -0.2) is 4.98 Å². The van der Waals surface area contributed by atoms with Crippen molar-refractivity contribution in [3.63, 3.8) is 0 Å². The maximum absolute atomic E-state index is 6.03. The molecule has 0 bridgehead atoms. The van der Waals surface area contributed by atoms with Crippen molar-refractivity contribution in [2.75, 3.05) is 6.54 Å². The standard InChI is InChI=1S/C12H14ClN3/c1-8-11-7-9(10-3-2-5-14-10)4-6-16(11)12(13)15-8/h4,6-7,10,14H,2-3,5H2,1H3. The third-order valence-corrected chi connectivity index (χ3v) is 3.54. The van der Waals surface area contributed by atoms with Crippen LogP contribution in [-0.4, -0.2) is 15.9 Å². The number of imidazole rings is 1. The lowest BCUT2D eigenvalue weighted by Crippen LogP contribution is -2.12. The van der Waals surface area contributed by atoms with Crippen molar-refractivity contribution >= 4 is 17.1 Å². The Morgan fingerprint density at radius 3 is 3.19 bits per heavy atom. The summed E-state index contributed by atoms with van der Waals surface area (Å²) in [5.74, 6) is 0. The number of fused-ring (bicyclic) bond motifs is 1. The lowest BCUT2D eigenvalue weighted by atomic mass is 10.1. The minimum absolute atomic E-state index is 0.498. The Morgan fingerprint density at radius 2 is 2.44 bits per heavy atom. The molecule has 3 rings (SSSR count). The van der Waals surface area contributed by atoms with Crippen LogP contribution in [0.15, 0.2) is 18.3 Å². The number of nitrogens with zero attached hydrogens (tertiary/aromatic N) is 2. The van der Waals surface area contributed by atoms with E-state index in [4.69, 9.17) is 11.6 Å². The van der Waals surface area contributed by atoms with Crippen LogP contribution in [0.3, 0.4) is 0 Å². The van der Waals surface area contributed by atoms with Crippen molar-refractivity contribution in [1.29, 1.82) is 0 Å². The van der Waals surface area contributed by atoms with E-state index >= 15 is 0 Å². The Morgan fingerprint density at radius 1 is 1.56 bits per heavy atom. The SMILES string of the molecule is Cc1nc(Cl)n2ccc(C3CCCN3)cc12. The lowest BCUT2D eigenvalue weighted by Gasteiger charge is -2.10. The summed E-state index contributed by atoms with van der Waals surface area (Å²) in [4.78, 5) is 4.27. The van der Waals surface area contributed by atoms with E-state index in [0.29, 0.717) is 11.3 Å². The first kappa shape index (κ1) is 10.1. The molecule has 3 nitrogen and oxygen atoms in total. The monoisotopic (exact) mass is 235 g/mol. The summed E-state index contributed by atoms with van der Waals surface area (Å²) in [7, 11) is 0. The smallest absolute Gasteiger partial charge is 0.207 e. The molecule has 0 saturated carbocycles. The fourth-order valence-electron chi connectivity index (χ4n) is 2.39. The number of aromatic nitrogens is 2. The molecule has 1 unspecified atom stereocenters. The molecule has 4 heteroatoms. The molecule has 0 radical (unpaired) electrons. The van der Waals surface area contributed by atoms with Crippen LogP contribution < -0.4 is 5.32 Å². The van der Waals surface area contributed by atoms with Crippen molar-refractivity contribution in [2.24, 2.45) is 0 Å². The predicted octanol–water partition coefficient (Wildman–Crippen LogP) is 2.72. The van der Waals surface area contributed by atoms with E-state index in [0.717, 1.165) is 17.8 Å². The highest BCUT2D eigenvalue weighted by molar-refractivity contribution is 6.28. The largest absolute Gasteiger partial charge is 0.310 e. The molecule has 1 aliphatic rings. The first-order valence-electron chi connectivity index (χ1n) is 5.63. The molecule has 0 aromatic carbocycles. The topological polar surface area (TPSA) is 29.3 Å². The van der Waals surface area contributed by atoms with Crippen LogP contribution in [0.5, 0.6) is 0 Å². The Kier molecular flexibility index (Phi) is 2.37. The van der Waals surface area contributed by atoms with Gasteiger partial charge in [-0.15, -0.1) is 0 Å². The van der Waals surface area contributed by atoms with Gasteiger partial charge in [0.05, 0.1) is 11.2 Å². The van der Waals surface area contributed by atoms with Gasteiger partial charge in [-0.3, -0.25) is 4.40 Å². The summed E-state index contributed by atoms with van der Waals surface area (Å²) in [6.07, 6.45) is 4.49. The molecule has 2 aromatic heterocycles. The number of rotatable bonds is 1. The van der Waals surface area contributed by atoms with E-state index in [9.17, 15) is 0 Å². The summed E-state index contributed by atoms with van der Waals surface area (Å²) in [6, 6.07) is 4.82. The van der Waals surface area contributed by atoms with E-state index in [1.807, 2.05) is 17.5 Å². The average molecular weight is 236 g/mol. The van der Waals surface area contributed by atoms with E-state index in [2.05, 4.69) is 22.4 Å². The molecular weight excluding hydrogens is 222 g/mol. The number of nitrogens with one attached hydrogen (secondary N) is 1. The zero-order chi connectivity index (χ0) is 11.1. The minimum atomic E-state index is 0.498. The summed E-state index contributed by atoms with van der Waals surface area (Å²) in [5.41, 5.74) is 3.44. The quantitative estimate of drug-likeness (QED) is 0.824. The lowest BCUT2D eigenvalue weighted by molar-refractivity contribution is 0.647. The van der Waals surface area contributed by atoms with Crippen molar-refractivity contribution in [3.05, 3.63) is 34.9 Å². The van der Waals surface area contributed by atoms with E-state index < -0.39 is 0 Å². The normalized spacial score (nSPS) is 20.8. The van der Waals surface area contributed by atoms with Crippen LogP contribution in [0.2, 0.25) is 5.28 Å². The van der Waals surface area contributed by atoms with Crippen molar-refractivity contribution in [1.82, 2.24) is 14.7 Å². The number of aryl methyl sites for hydroxylation is 1. The van der Waals surface area contributed by atoms with Gasteiger partial charge in [0.15, 0.2) is 0 Å². The molecule has 2 aromatic rings. The van der Waals surface area contributed by atoms with Crippen LogP contribution >= 0.6 is 11.6 Å². The summed E-state index contributed by atoms with van der Waals surface area (Å²) < 4.78 is 1.93. The molecule has 16 heavy (non-hydrogen) atoms. The maximum atomic E-state index is 6.03. The van der Waals surface area contributed by atoms with Crippen LogP contribution in [0.4, 0.5) is 0 Å². The zero-order valence-corrected chi connectivity index (χ0v) is 9.96. The van der Waals surface area contributed by atoms with Crippen LogP contribution in [-0.2, 0) is 0 Å². The zero-order valence-electron chi connectivity index (χ0n) is 9.20. The van der Waals surface area contributed by atoms with Gasteiger partial charge in [0.25, 0.3) is 0 Å². The van der Waals surface area contributed by atoms with Gasteiger partial charge in [0.2, 0.25) is 5.28 Å². The van der Waals surface area contributed by atoms with Gasteiger partial charge >= 0.3 is 0 Å². The van der Waals surface area contributed by atoms with Crippen molar-refractivity contribution in [3.8, 4) is 0 Å². The average Bonchev–Trinajstić information content (AvgIpc) is 2.88. The predicted molar refractivity (Wildman–Crippen MR) is 64.9 cm³/mol. The highest BCUT2D eigenvalue weighted by Crippen LogP contribution is 2.26. The summed E-state index contributed by atoms with van der Waals surface area (Å²) in [5, 5.41) is 4.04. The van der Waals surface area contributed by atoms with Gasteiger partial charge in [-0.05, 0) is 55.6 Å². The van der Waals surface area contributed by atoms with E-state index in [1.165, 1.54) is 18.4 Å². The van der Waals surface area contributed by atoms with Crippen LogP contribution in [0.25, 0.3) is 5.52 Å². The van der Waals surface area contributed by atoms with Crippen LogP contribution in [0, 0.1) is 6.92 Å². The van der Waals surface area contributed by atoms with Crippen molar-refractivity contribution < 1.29 is 0 Å². The number of pyridine rings is 1. The molecule has 84 valence electrons. The maximum Gasteiger partial charge on any atom is 0.207 e. The second-order valence-electron chi connectivity index (χ2n) is 4.33. The molecule has 1 atom stereocenters. The fraction of sp³-hybridized carbons (Fsp3) is 0.417. The minimum Gasteiger partial charge on any atom is -0.310 e.